The van der Waals surface area contributed by atoms with E-state index in [1.165, 1.54) is 0 Å². The van der Waals surface area contributed by atoms with E-state index in [1.54, 1.807) is 24.3 Å². The van der Waals surface area contributed by atoms with Crippen LogP contribution in [0.25, 0.3) is 0 Å². The molecule has 0 bridgehead atoms. The number of amides is 1. The number of benzene rings is 1. The van der Waals surface area contributed by atoms with Crippen molar-refractivity contribution in [2.75, 3.05) is 7.05 Å². The maximum atomic E-state index is 12.3. The zero-order valence-corrected chi connectivity index (χ0v) is 10.9. The third-order valence-corrected chi connectivity index (χ3v) is 2.87. The molecule has 0 saturated heterocycles. The summed E-state index contributed by atoms with van der Waals surface area (Å²) >= 11 is 0. The highest BCUT2D eigenvalue weighted by Gasteiger charge is 2.44. The molecule has 0 aromatic heterocycles. The number of carboxylic acids is 1. The summed E-state index contributed by atoms with van der Waals surface area (Å²) in [6.45, 7) is 1.83. The highest BCUT2D eigenvalue weighted by Crippen LogP contribution is 2.20. The van der Waals surface area contributed by atoms with Gasteiger partial charge in [-0.25, -0.2) is 4.79 Å². The van der Waals surface area contributed by atoms with Gasteiger partial charge in [-0.05, 0) is 12.5 Å². The Bertz CT molecular complexity index is 497. The highest BCUT2D eigenvalue weighted by atomic mass is 19.4. The van der Waals surface area contributed by atoms with Gasteiger partial charge in [0.25, 0.3) is 0 Å². The summed E-state index contributed by atoms with van der Waals surface area (Å²) in [7, 11) is 0.836. The first-order chi connectivity index (χ1) is 9.12. The van der Waals surface area contributed by atoms with Crippen LogP contribution in [-0.2, 0) is 16.0 Å². The summed E-state index contributed by atoms with van der Waals surface area (Å²) in [6, 6.07) is 5.13. The molecule has 1 aromatic carbocycles. The van der Waals surface area contributed by atoms with Crippen LogP contribution in [0.1, 0.15) is 11.1 Å². The van der Waals surface area contributed by atoms with Gasteiger partial charge in [-0.3, -0.25) is 4.79 Å². The maximum Gasteiger partial charge on any atom is 0.471 e. The first-order valence-electron chi connectivity index (χ1n) is 5.75. The molecule has 1 N–H and O–H groups in total. The molecule has 7 heteroatoms. The van der Waals surface area contributed by atoms with Gasteiger partial charge in [0.2, 0.25) is 0 Å². The smallest absolute Gasteiger partial charge is 0.471 e. The number of hydrogen-bond acceptors (Lipinski definition) is 2. The standard InChI is InChI=1S/C13H14F3NO3/c1-8-3-5-9(6-4-8)7-10(11(18)19)17(2)12(20)13(14,15)16/h3-6,10H,7H2,1-2H3,(H,18,19). The van der Waals surface area contributed by atoms with Crippen LogP contribution in [0, 0.1) is 6.92 Å². The topological polar surface area (TPSA) is 57.6 Å². The molecule has 20 heavy (non-hydrogen) atoms. The summed E-state index contributed by atoms with van der Waals surface area (Å²) in [5.41, 5.74) is 1.49. The summed E-state index contributed by atoms with van der Waals surface area (Å²) in [5.74, 6) is -3.65. The first kappa shape index (κ1) is 16.0. The van der Waals surface area contributed by atoms with E-state index in [4.69, 9.17) is 5.11 Å². The van der Waals surface area contributed by atoms with Gasteiger partial charge in [0.05, 0.1) is 0 Å². The molecule has 1 rings (SSSR count). The molecular weight excluding hydrogens is 275 g/mol. The van der Waals surface area contributed by atoms with Crippen LogP contribution in [-0.4, -0.2) is 41.1 Å². The quantitative estimate of drug-likeness (QED) is 0.922. The summed E-state index contributed by atoms with van der Waals surface area (Å²) in [5, 5.41) is 9.01. The zero-order chi connectivity index (χ0) is 15.5. The van der Waals surface area contributed by atoms with Crippen LogP contribution < -0.4 is 0 Å². The second-order valence-corrected chi connectivity index (χ2v) is 4.46. The Hall–Kier alpha value is -2.05. The van der Waals surface area contributed by atoms with Gasteiger partial charge in [0.15, 0.2) is 0 Å². The lowest BCUT2D eigenvalue weighted by molar-refractivity contribution is -0.188. The van der Waals surface area contributed by atoms with Gasteiger partial charge in [-0.15, -0.1) is 0 Å². The van der Waals surface area contributed by atoms with Gasteiger partial charge in [0, 0.05) is 13.5 Å². The van der Waals surface area contributed by atoms with E-state index in [9.17, 15) is 22.8 Å². The number of carbonyl (C=O) groups excluding carboxylic acids is 1. The Balaban J connectivity index is 2.92. The molecule has 1 amide bonds. The molecule has 0 aliphatic carbocycles. The van der Waals surface area contributed by atoms with E-state index in [1.807, 2.05) is 6.92 Å². The van der Waals surface area contributed by atoms with Gasteiger partial charge in [-0.1, -0.05) is 29.8 Å². The molecular formula is C13H14F3NO3. The van der Waals surface area contributed by atoms with Crippen molar-refractivity contribution >= 4 is 11.9 Å². The molecule has 0 aliphatic rings. The predicted molar refractivity (Wildman–Crippen MR) is 65.1 cm³/mol. The maximum absolute atomic E-state index is 12.3. The van der Waals surface area contributed by atoms with Crippen LogP contribution in [0.4, 0.5) is 13.2 Å². The minimum Gasteiger partial charge on any atom is -0.480 e. The SMILES string of the molecule is Cc1ccc(CC(C(=O)O)N(C)C(=O)C(F)(F)F)cc1. The molecule has 0 fully saturated rings. The number of hydrogen-bond donors (Lipinski definition) is 1. The second kappa shape index (κ2) is 5.94. The van der Waals surface area contributed by atoms with E-state index in [0.29, 0.717) is 5.56 Å². The number of halogens is 3. The van der Waals surface area contributed by atoms with E-state index in [0.717, 1.165) is 12.6 Å². The zero-order valence-electron chi connectivity index (χ0n) is 10.9. The van der Waals surface area contributed by atoms with Crippen molar-refractivity contribution in [1.29, 1.82) is 0 Å². The fourth-order valence-electron chi connectivity index (χ4n) is 1.68. The fraction of sp³-hybridized carbons (Fsp3) is 0.385. The van der Waals surface area contributed by atoms with Crippen molar-refractivity contribution in [2.24, 2.45) is 0 Å². The molecule has 0 heterocycles. The van der Waals surface area contributed by atoms with Crippen molar-refractivity contribution in [3.8, 4) is 0 Å². The summed E-state index contributed by atoms with van der Waals surface area (Å²) in [4.78, 5) is 22.4. The average molecular weight is 289 g/mol. The highest BCUT2D eigenvalue weighted by molar-refractivity contribution is 5.87. The Morgan fingerprint density at radius 2 is 1.75 bits per heavy atom. The monoisotopic (exact) mass is 289 g/mol. The van der Waals surface area contributed by atoms with Crippen molar-refractivity contribution in [2.45, 2.75) is 25.6 Å². The van der Waals surface area contributed by atoms with E-state index in [2.05, 4.69) is 0 Å². The third kappa shape index (κ3) is 3.97. The van der Waals surface area contributed by atoms with Gasteiger partial charge >= 0.3 is 18.1 Å². The van der Waals surface area contributed by atoms with Crippen LogP contribution in [0.3, 0.4) is 0 Å². The molecule has 0 spiro atoms. The number of rotatable bonds is 4. The third-order valence-electron chi connectivity index (χ3n) is 2.87. The van der Waals surface area contributed by atoms with Crippen molar-refractivity contribution in [1.82, 2.24) is 4.90 Å². The molecule has 4 nitrogen and oxygen atoms in total. The number of alkyl halides is 3. The number of aryl methyl sites for hydroxylation is 1. The van der Waals surface area contributed by atoms with Gasteiger partial charge < -0.3 is 10.0 Å². The molecule has 0 aliphatic heterocycles. The summed E-state index contributed by atoms with van der Waals surface area (Å²) in [6.07, 6.45) is -5.27. The Morgan fingerprint density at radius 3 is 2.15 bits per heavy atom. The van der Waals surface area contributed by atoms with E-state index < -0.39 is 24.1 Å². The van der Waals surface area contributed by atoms with Crippen molar-refractivity contribution < 1.29 is 27.9 Å². The number of likely N-dealkylation sites (N-methyl/N-ethyl adjacent to an activating group) is 1. The Labute approximate surface area is 113 Å². The van der Waals surface area contributed by atoms with E-state index in [-0.39, 0.29) is 11.3 Å². The Kier molecular flexibility index (Phi) is 4.75. The molecule has 1 unspecified atom stereocenters. The van der Waals surface area contributed by atoms with Crippen molar-refractivity contribution in [3.63, 3.8) is 0 Å². The minimum absolute atomic E-state index is 0.187. The average Bonchev–Trinajstić information content (AvgIpc) is 2.35. The minimum atomic E-state index is -5.09. The lowest BCUT2D eigenvalue weighted by atomic mass is 10.0. The van der Waals surface area contributed by atoms with E-state index >= 15 is 0 Å². The van der Waals surface area contributed by atoms with Crippen LogP contribution >= 0.6 is 0 Å². The van der Waals surface area contributed by atoms with Gasteiger partial charge in [-0.2, -0.15) is 13.2 Å². The molecule has 0 radical (unpaired) electrons. The number of carboxylic acid groups (broad SMARTS) is 1. The largest absolute Gasteiger partial charge is 0.480 e. The Morgan fingerprint density at radius 1 is 1.25 bits per heavy atom. The van der Waals surface area contributed by atoms with Gasteiger partial charge in [0.1, 0.15) is 6.04 Å². The summed E-state index contributed by atoms with van der Waals surface area (Å²) < 4.78 is 37.0. The predicted octanol–water partition coefficient (Wildman–Crippen LogP) is 2.01. The van der Waals surface area contributed by atoms with Crippen LogP contribution in [0.2, 0.25) is 0 Å². The van der Waals surface area contributed by atoms with Crippen LogP contribution in [0.15, 0.2) is 24.3 Å². The lowest BCUT2D eigenvalue weighted by Gasteiger charge is -2.25. The normalized spacial score (nSPS) is 12.8. The lowest BCUT2D eigenvalue weighted by Crippen LogP contribution is -2.49. The fourth-order valence-corrected chi connectivity index (χ4v) is 1.68. The molecule has 1 aromatic rings. The van der Waals surface area contributed by atoms with Crippen LogP contribution in [0.5, 0.6) is 0 Å². The molecule has 110 valence electrons. The number of carbonyl (C=O) groups is 2. The molecule has 1 atom stereocenters. The molecule has 0 saturated carbocycles. The first-order valence-corrected chi connectivity index (χ1v) is 5.75. The van der Waals surface area contributed by atoms with Crippen molar-refractivity contribution in [3.05, 3.63) is 35.4 Å². The second-order valence-electron chi connectivity index (χ2n) is 4.46. The number of aliphatic carboxylic acids is 1. The number of nitrogens with zero attached hydrogens (tertiary/aromatic N) is 1.